The molecule has 0 bridgehead atoms. The Balaban J connectivity index is 3.19. The van der Waals surface area contributed by atoms with Crippen LogP contribution in [0.25, 0.3) is 0 Å². The van der Waals surface area contributed by atoms with Gasteiger partial charge in [-0.15, -0.1) is 0 Å². The summed E-state index contributed by atoms with van der Waals surface area (Å²) in [5, 5.41) is 0. The molecule has 0 atom stereocenters. The van der Waals surface area contributed by atoms with E-state index in [-0.39, 0.29) is 5.75 Å². The highest BCUT2D eigenvalue weighted by atomic mass is 35.7. The van der Waals surface area contributed by atoms with Crippen molar-refractivity contribution in [2.75, 3.05) is 14.2 Å². The molecule has 0 aliphatic carbocycles. The lowest BCUT2D eigenvalue weighted by Crippen LogP contribution is -2.04. The normalized spacial score (nSPS) is 11.4. The Morgan fingerprint density at radius 3 is 2.50 bits per heavy atom. The summed E-state index contributed by atoms with van der Waals surface area (Å²) in [5.41, 5.74) is 1.30. The van der Waals surface area contributed by atoms with Crippen molar-refractivity contribution >= 4 is 19.7 Å². The molecule has 1 aromatic rings. The Morgan fingerprint density at radius 1 is 1.31 bits per heavy atom. The van der Waals surface area contributed by atoms with E-state index in [0.717, 1.165) is 5.56 Å². The van der Waals surface area contributed by atoms with Gasteiger partial charge in [0.1, 0.15) is 5.75 Å². The summed E-state index contributed by atoms with van der Waals surface area (Å²) in [6, 6.07) is 5.25. The number of methoxy groups -OCH3 is 2. The molecule has 0 aliphatic heterocycles. The molecule has 90 valence electrons. The van der Waals surface area contributed by atoms with Crippen molar-refractivity contribution in [2.24, 2.45) is 0 Å². The lowest BCUT2D eigenvalue weighted by atomic mass is 10.1. The van der Waals surface area contributed by atoms with E-state index in [9.17, 15) is 8.42 Å². The molecule has 4 nitrogen and oxygen atoms in total. The second kappa shape index (κ2) is 5.52. The van der Waals surface area contributed by atoms with Crippen molar-refractivity contribution in [1.29, 1.82) is 0 Å². The molecule has 0 unspecified atom stereocenters. The summed E-state index contributed by atoms with van der Waals surface area (Å²) in [4.78, 5) is 0. The Bertz CT molecular complexity index is 456. The van der Waals surface area contributed by atoms with Crippen molar-refractivity contribution in [3.05, 3.63) is 29.3 Å². The smallest absolute Gasteiger partial charge is 0.236 e. The molecule has 0 aromatic heterocycles. The average Bonchev–Trinajstić information content (AvgIpc) is 2.19. The molecule has 0 radical (unpaired) electrons. The molecule has 16 heavy (non-hydrogen) atoms. The van der Waals surface area contributed by atoms with Crippen LogP contribution in [0.5, 0.6) is 5.75 Å². The van der Waals surface area contributed by atoms with Crippen LogP contribution in [0.4, 0.5) is 0 Å². The first-order valence-electron chi connectivity index (χ1n) is 4.54. The molecule has 0 amide bonds. The summed E-state index contributed by atoms with van der Waals surface area (Å²) < 4.78 is 32.3. The fraction of sp³-hybridized carbons (Fsp3) is 0.400. The van der Waals surface area contributed by atoms with E-state index in [1.165, 1.54) is 7.11 Å². The first-order chi connectivity index (χ1) is 7.48. The SMILES string of the molecule is COCc1cccc(OC)c1CS(=O)(=O)Cl. The molecule has 0 heterocycles. The van der Waals surface area contributed by atoms with Crippen LogP contribution in [0.1, 0.15) is 11.1 Å². The fourth-order valence-electron chi connectivity index (χ4n) is 1.43. The third-order valence-corrected chi connectivity index (χ3v) is 3.03. The van der Waals surface area contributed by atoms with Gasteiger partial charge in [0.25, 0.3) is 0 Å². The van der Waals surface area contributed by atoms with E-state index in [2.05, 4.69) is 0 Å². The number of hydrogen-bond donors (Lipinski definition) is 0. The van der Waals surface area contributed by atoms with Crippen molar-refractivity contribution < 1.29 is 17.9 Å². The molecule has 1 aromatic carbocycles. The van der Waals surface area contributed by atoms with E-state index in [4.69, 9.17) is 20.2 Å². The summed E-state index contributed by atoms with van der Waals surface area (Å²) in [7, 11) is 4.65. The van der Waals surface area contributed by atoms with Crippen LogP contribution in [0.3, 0.4) is 0 Å². The van der Waals surface area contributed by atoms with Crippen LogP contribution in [-0.4, -0.2) is 22.6 Å². The van der Waals surface area contributed by atoms with Crippen molar-refractivity contribution in [3.63, 3.8) is 0 Å². The van der Waals surface area contributed by atoms with Crippen molar-refractivity contribution in [1.82, 2.24) is 0 Å². The molecule has 0 fully saturated rings. The maximum absolute atomic E-state index is 11.1. The predicted octanol–water partition coefficient (Wildman–Crippen LogP) is 1.91. The van der Waals surface area contributed by atoms with Crippen LogP contribution < -0.4 is 4.74 Å². The quantitative estimate of drug-likeness (QED) is 0.763. The van der Waals surface area contributed by atoms with Crippen LogP contribution in [0.2, 0.25) is 0 Å². The van der Waals surface area contributed by atoms with E-state index < -0.39 is 9.05 Å². The van der Waals surface area contributed by atoms with Crippen molar-refractivity contribution in [3.8, 4) is 5.75 Å². The van der Waals surface area contributed by atoms with Gasteiger partial charge in [0.15, 0.2) is 0 Å². The summed E-state index contributed by atoms with van der Waals surface area (Å²) >= 11 is 0. The van der Waals surface area contributed by atoms with Gasteiger partial charge >= 0.3 is 0 Å². The number of halogens is 1. The highest BCUT2D eigenvalue weighted by molar-refractivity contribution is 8.13. The topological polar surface area (TPSA) is 52.6 Å². The molecule has 0 N–H and O–H groups in total. The zero-order valence-electron chi connectivity index (χ0n) is 9.07. The zero-order valence-corrected chi connectivity index (χ0v) is 10.6. The zero-order chi connectivity index (χ0) is 12.2. The minimum atomic E-state index is -3.61. The minimum Gasteiger partial charge on any atom is -0.496 e. The van der Waals surface area contributed by atoms with E-state index in [0.29, 0.717) is 17.9 Å². The predicted molar refractivity (Wildman–Crippen MR) is 62.2 cm³/mol. The van der Waals surface area contributed by atoms with Crippen LogP contribution in [-0.2, 0) is 26.1 Å². The monoisotopic (exact) mass is 264 g/mol. The first kappa shape index (κ1) is 13.3. The lowest BCUT2D eigenvalue weighted by molar-refractivity contribution is 0.184. The highest BCUT2D eigenvalue weighted by Crippen LogP contribution is 2.26. The summed E-state index contributed by atoms with van der Waals surface area (Å²) in [5.74, 6) is 0.232. The standard InChI is InChI=1S/C10H13ClO4S/c1-14-6-8-4-3-5-10(15-2)9(8)7-16(11,12)13/h3-5H,6-7H2,1-2H3. The van der Waals surface area contributed by atoms with Crippen LogP contribution in [0, 0.1) is 0 Å². The number of ether oxygens (including phenoxy) is 2. The Labute approximate surface area is 99.6 Å². The third kappa shape index (κ3) is 3.66. The van der Waals surface area contributed by atoms with Gasteiger partial charge in [0.05, 0.1) is 19.5 Å². The molecular weight excluding hydrogens is 252 g/mol. The lowest BCUT2D eigenvalue weighted by Gasteiger charge is -2.11. The fourth-order valence-corrected chi connectivity index (χ4v) is 2.43. The molecule has 1 rings (SSSR count). The average molecular weight is 265 g/mol. The Hall–Kier alpha value is -0.780. The Kier molecular flexibility index (Phi) is 4.58. The van der Waals surface area contributed by atoms with Crippen LogP contribution >= 0.6 is 10.7 Å². The molecule has 0 saturated heterocycles. The third-order valence-electron chi connectivity index (χ3n) is 2.07. The number of rotatable bonds is 5. The highest BCUT2D eigenvalue weighted by Gasteiger charge is 2.15. The van der Waals surface area contributed by atoms with E-state index in [1.807, 2.05) is 0 Å². The molecule has 0 aliphatic rings. The van der Waals surface area contributed by atoms with Gasteiger partial charge in [-0.3, -0.25) is 0 Å². The second-order valence-electron chi connectivity index (χ2n) is 3.21. The number of hydrogen-bond acceptors (Lipinski definition) is 4. The minimum absolute atomic E-state index is 0.267. The molecule has 0 spiro atoms. The van der Waals surface area contributed by atoms with E-state index in [1.54, 1.807) is 25.3 Å². The first-order valence-corrected chi connectivity index (χ1v) is 7.02. The summed E-state index contributed by atoms with van der Waals surface area (Å²) in [6.45, 7) is 0.318. The number of benzene rings is 1. The van der Waals surface area contributed by atoms with E-state index >= 15 is 0 Å². The Morgan fingerprint density at radius 2 is 2.00 bits per heavy atom. The van der Waals surface area contributed by atoms with Gasteiger partial charge in [-0.1, -0.05) is 12.1 Å². The molecular formula is C10H13ClO4S. The van der Waals surface area contributed by atoms with Crippen LogP contribution in [0.15, 0.2) is 18.2 Å². The summed E-state index contributed by atoms with van der Waals surface area (Å²) in [6.07, 6.45) is 0. The van der Waals surface area contributed by atoms with Crippen molar-refractivity contribution in [2.45, 2.75) is 12.4 Å². The molecule has 6 heteroatoms. The second-order valence-corrected chi connectivity index (χ2v) is 5.99. The molecule has 0 saturated carbocycles. The van der Waals surface area contributed by atoms with Gasteiger partial charge in [-0.2, -0.15) is 0 Å². The maximum atomic E-state index is 11.1. The van der Waals surface area contributed by atoms with Gasteiger partial charge in [-0.05, 0) is 11.6 Å². The maximum Gasteiger partial charge on any atom is 0.236 e. The van der Waals surface area contributed by atoms with Gasteiger partial charge < -0.3 is 9.47 Å². The van der Waals surface area contributed by atoms with Gasteiger partial charge in [0, 0.05) is 23.4 Å². The van der Waals surface area contributed by atoms with Gasteiger partial charge in [-0.25, -0.2) is 8.42 Å². The largest absolute Gasteiger partial charge is 0.496 e. The van der Waals surface area contributed by atoms with Gasteiger partial charge in [0.2, 0.25) is 9.05 Å².